The Balaban J connectivity index is 1.83. The quantitative estimate of drug-likeness (QED) is 0.572. The van der Waals surface area contributed by atoms with Crippen molar-refractivity contribution < 1.29 is 14.6 Å². The minimum atomic E-state index is -0.0777. The van der Waals surface area contributed by atoms with E-state index in [2.05, 4.69) is 0 Å². The molecule has 0 radical (unpaired) electrons. The molecule has 1 N–H and O–H groups in total. The lowest BCUT2D eigenvalue weighted by molar-refractivity contribution is 0.104. The van der Waals surface area contributed by atoms with Crippen molar-refractivity contribution in [2.24, 2.45) is 0 Å². The highest BCUT2D eigenvalue weighted by Crippen LogP contribution is 2.26. The molecule has 0 aliphatic carbocycles. The normalized spacial score (nSPS) is 11.0. The van der Waals surface area contributed by atoms with Crippen LogP contribution in [0.1, 0.15) is 15.9 Å². The first-order valence-electron chi connectivity index (χ1n) is 7.25. The van der Waals surface area contributed by atoms with Crippen molar-refractivity contribution in [3.05, 3.63) is 77.9 Å². The fourth-order valence-electron chi connectivity index (χ4n) is 2.42. The number of hydrogen-bond donors (Lipinski definition) is 1. The average molecular weight is 304 g/mol. The number of methoxy groups -OCH3 is 1. The number of fused-ring (bicyclic) bond motifs is 1. The summed E-state index contributed by atoms with van der Waals surface area (Å²) in [5, 5.41) is 11.9. The number of aromatic hydroxyl groups is 1. The number of allylic oxidation sites excluding steroid dienone is 1. The Labute approximate surface area is 134 Å². The molecule has 0 amide bonds. The van der Waals surface area contributed by atoms with E-state index >= 15 is 0 Å². The van der Waals surface area contributed by atoms with Crippen LogP contribution < -0.4 is 4.74 Å². The predicted molar refractivity (Wildman–Crippen MR) is 92.0 cm³/mol. The van der Waals surface area contributed by atoms with Crippen molar-refractivity contribution in [2.75, 3.05) is 7.11 Å². The molecule has 0 aliphatic heterocycles. The van der Waals surface area contributed by atoms with Gasteiger partial charge in [0.15, 0.2) is 17.3 Å². The SMILES string of the molecule is COc1ccc(C=CC(=O)c2ccc3ccccc3c2)cc1O. The first kappa shape index (κ1) is 14.9. The fourth-order valence-corrected chi connectivity index (χ4v) is 2.42. The van der Waals surface area contributed by atoms with Gasteiger partial charge in [0, 0.05) is 5.56 Å². The Bertz CT molecular complexity index is 894. The van der Waals surface area contributed by atoms with Crippen LogP contribution in [0.5, 0.6) is 11.5 Å². The van der Waals surface area contributed by atoms with Gasteiger partial charge in [0.25, 0.3) is 0 Å². The summed E-state index contributed by atoms with van der Waals surface area (Å²) in [5.74, 6) is 0.377. The highest BCUT2D eigenvalue weighted by Gasteiger charge is 2.04. The van der Waals surface area contributed by atoms with Gasteiger partial charge >= 0.3 is 0 Å². The maximum absolute atomic E-state index is 12.3. The molecule has 0 spiro atoms. The molecule has 0 fully saturated rings. The summed E-state index contributed by atoms with van der Waals surface area (Å²) in [6.45, 7) is 0. The third-order valence-corrected chi connectivity index (χ3v) is 3.66. The summed E-state index contributed by atoms with van der Waals surface area (Å²) in [7, 11) is 1.49. The Morgan fingerprint density at radius 2 is 1.78 bits per heavy atom. The van der Waals surface area contributed by atoms with Gasteiger partial charge in [-0.3, -0.25) is 4.79 Å². The lowest BCUT2D eigenvalue weighted by Gasteiger charge is -2.03. The molecular formula is C20H16O3. The van der Waals surface area contributed by atoms with Crippen molar-refractivity contribution in [1.29, 1.82) is 0 Å². The largest absolute Gasteiger partial charge is 0.504 e. The molecule has 23 heavy (non-hydrogen) atoms. The molecule has 0 heterocycles. The Kier molecular flexibility index (Phi) is 4.11. The van der Waals surface area contributed by atoms with Gasteiger partial charge in [-0.25, -0.2) is 0 Å². The van der Waals surface area contributed by atoms with E-state index < -0.39 is 0 Å². The predicted octanol–water partition coefficient (Wildman–Crippen LogP) is 4.45. The van der Waals surface area contributed by atoms with E-state index in [0.29, 0.717) is 11.3 Å². The summed E-state index contributed by atoms with van der Waals surface area (Å²) < 4.78 is 4.99. The summed E-state index contributed by atoms with van der Waals surface area (Å²) in [6, 6.07) is 18.6. The van der Waals surface area contributed by atoms with Gasteiger partial charge < -0.3 is 9.84 Å². The van der Waals surface area contributed by atoms with Crippen LogP contribution in [-0.2, 0) is 0 Å². The average Bonchev–Trinajstić information content (AvgIpc) is 2.59. The molecule has 3 heteroatoms. The summed E-state index contributed by atoms with van der Waals surface area (Å²) in [6.07, 6.45) is 3.18. The fraction of sp³-hybridized carbons (Fsp3) is 0.0500. The molecule has 3 aromatic rings. The molecule has 0 aliphatic rings. The zero-order chi connectivity index (χ0) is 16.2. The highest BCUT2D eigenvalue weighted by molar-refractivity contribution is 6.08. The van der Waals surface area contributed by atoms with Crippen molar-refractivity contribution >= 4 is 22.6 Å². The van der Waals surface area contributed by atoms with Crippen LogP contribution in [0.3, 0.4) is 0 Å². The van der Waals surface area contributed by atoms with Crippen LogP contribution in [-0.4, -0.2) is 18.0 Å². The van der Waals surface area contributed by atoms with Crippen LogP contribution in [0.25, 0.3) is 16.8 Å². The van der Waals surface area contributed by atoms with Gasteiger partial charge in [0.05, 0.1) is 7.11 Å². The first-order valence-corrected chi connectivity index (χ1v) is 7.25. The number of ketones is 1. The second kappa shape index (κ2) is 6.36. The Hall–Kier alpha value is -3.07. The number of carbonyl (C=O) groups excluding carboxylic acids is 1. The molecule has 0 saturated carbocycles. The van der Waals surface area contributed by atoms with E-state index in [-0.39, 0.29) is 11.5 Å². The van der Waals surface area contributed by atoms with E-state index in [1.807, 2.05) is 42.5 Å². The maximum atomic E-state index is 12.3. The number of phenols is 1. The zero-order valence-corrected chi connectivity index (χ0v) is 12.7. The van der Waals surface area contributed by atoms with Crippen molar-refractivity contribution in [1.82, 2.24) is 0 Å². The molecule has 3 aromatic carbocycles. The van der Waals surface area contributed by atoms with Gasteiger partial charge in [0.1, 0.15) is 0 Å². The van der Waals surface area contributed by atoms with Crippen LogP contribution in [0, 0.1) is 0 Å². The highest BCUT2D eigenvalue weighted by atomic mass is 16.5. The van der Waals surface area contributed by atoms with E-state index in [0.717, 1.165) is 16.3 Å². The molecule has 0 bridgehead atoms. The monoisotopic (exact) mass is 304 g/mol. The molecule has 0 aromatic heterocycles. The summed E-state index contributed by atoms with van der Waals surface area (Å²) in [5.41, 5.74) is 1.37. The molecule has 0 unspecified atom stereocenters. The second-order valence-electron chi connectivity index (χ2n) is 5.19. The number of hydrogen-bond acceptors (Lipinski definition) is 3. The number of rotatable bonds is 4. The molecule has 114 valence electrons. The van der Waals surface area contributed by atoms with Gasteiger partial charge in [-0.05, 0) is 40.6 Å². The maximum Gasteiger partial charge on any atom is 0.185 e. The minimum Gasteiger partial charge on any atom is -0.504 e. The number of phenolic OH excluding ortho intramolecular Hbond substituents is 1. The Morgan fingerprint density at radius 3 is 2.52 bits per heavy atom. The number of benzene rings is 3. The van der Waals surface area contributed by atoms with E-state index in [1.165, 1.54) is 13.2 Å². The lowest BCUT2D eigenvalue weighted by atomic mass is 10.0. The van der Waals surface area contributed by atoms with Crippen molar-refractivity contribution in [2.45, 2.75) is 0 Å². The lowest BCUT2D eigenvalue weighted by Crippen LogP contribution is -1.93. The van der Waals surface area contributed by atoms with Gasteiger partial charge in [-0.1, -0.05) is 48.5 Å². The van der Waals surface area contributed by atoms with E-state index in [4.69, 9.17) is 4.74 Å². The van der Waals surface area contributed by atoms with Crippen LogP contribution in [0.2, 0.25) is 0 Å². The molecular weight excluding hydrogens is 288 g/mol. The smallest absolute Gasteiger partial charge is 0.185 e. The Morgan fingerprint density at radius 1 is 1.00 bits per heavy atom. The first-order chi connectivity index (χ1) is 11.2. The van der Waals surface area contributed by atoms with Gasteiger partial charge in [-0.15, -0.1) is 0 Å². The minimum absolute atomic E-state index is 0.0489. The van der Waals surface area contributed by atoms with Crippen LogP contribution in [0.15, 0.2) is 66.7 Å². The summed E-state index contributed by atoms with van der Waals surface area (Å²) >= 11 is 0. The summed E-state index contributed by atoms with van der Waals surface area (Å²) in [4.78, 5) is 12.3. The standard InChI is InChI=1S/C20H16O3/c1-23-20-11-7-14(12-19(20)22)6-10-18(21)17-9-8-15-4-2-3-5-16(15)13-17/h2-13,22H,1H3. The molecule has 3 nitrogen and oxygen atoms in total. The zero-order valence-electron chi connectivity index (χ0n) is 12.7. The molecule has 3 rings (SSSR count). The number of ether oxygens (including phenoxy) is 1. The number of carbonyl (C=O) groups is 1. The molecule has 0 saturated heterocycles. The topological polar surface area (TPSA) is 46.5 Å². The van der Waals surface area contributed by atoms with Crippen LogP contribution in [0.4, 0.5) is 0 Å². The molecule has 0 atom stereocenters. The van der Waals surface area contributed by atoms with E-state index in [9.17, 15) is 9.90 Å². The third-order valence-electron chi connectivity index (χ3n) is 3.66. The van der Waals surface area contributed by atoms with Gasteiger partial charge in [-0.2, -0.15) is 0 Å². The second-order valence-corrected chi connectivity index (χ2v) is 5.19. The van der Waals surface area contributed by atoms with Crippen molar-refractivity contribution in [3.63, 3.8) is 0 Å². The van der Waals surface area contributed by atoms with Crippen LogP contribution >= 0.6 is 0 Å². The van der Waals surface area contributed by atoms with Gasteiger partial charge in [0.2, 0.25) is 0 Å². The van der Waals surface area contributed by atoms with Crippen molar-refractivity contribution in [3.8, 4) is 11.5 Å². The van der Waals surface area contributed by atoms with E-state index in [1.54, 1.807) is 24.3 Å². The third kappa shape index (κ3) is 3.24.